The summed E-state index contributed by atoms with van der Waals surface area (Å²) in [5.74, 6) is 6.79. The van der Waals surface area contributed by atoms with Crippen molar-refractivity contribution in [2.45, 2.75) is 45.1 Å². The molecule has 1 aliphatic heterocycles. The van der Waals surface area contributed by atoms with Crippen molar-refractivity contribution >= 4 is 16.9 Å². The molecule has 25 heavy (non-hydrogen) atoms. The highest BCUT2D eigenvalue weighted by Gasteiger charge is 2.34. The van der Waals surface area contributed by atoms with E-state index >= 15 is 0 Å². The Morgan fingerprint density at radius 2 is 2.16 bits per heavy atom. The topological polar surface area (TPSA) is 66.5 Å². The number of hydrogen-bond acceptors (Lipinski definition) is 3. The van der Waals surface area contributed by atoms with Gasteiger partial charge in [-0.3, -0.25) is 0 Å². The number of nitrogens with zero attached hydrogens (tertiary/aromatic N) is 3. The van der Waals surface area contributed by atoms with Crippen LogP contribution in [0, 0.1) is 0 Å². The molecule has 0 bridgehead atoms. The van der Waals surface area contributed by atoms with Crippen LogP contribution in [0.15, 0.2) is 24.4 Å². The lowest BCUT2D eigenvalue weighted by Gasteiger charge is -2.36. The summed E-state index contributed by atoms with van der Waals surface area (Å²) < 4.78 is 1.83. The second-order valence-electron chi connectivity index (χ2n) is 7.05. The lowest BCUT2D eigenvalue weighted by atomic mass is 9.76. The molecule has 6 nitrogen and oxygen atoms in total. The van der Waals surface area contributed by atoms with Crippen LogP contribution in [0.5, 0.6) is 0 Å². The summed E-state index contributed by atoms with van der Waals surface area (Å²) in [5.41, 5.74) is 3.71. The number of fused-ring (bicyclic) bond motifs is 2. The number of hydrogen-bond donors (Lipinski definition) is 2. The van der Waals surface area contributed by atoms with Gasteiger partial charge in [-0.15, -0.1) is 0 Å². The molecule has 134 valence electrons. The SMILES string of the molecule is CCN(CC)C(=O)N(N)n1cc2c3c(cccc31)[C@H]1CCCN[C@@H]1C2. The Labute approximate surface area is 148 Å². The number of benzene rings is 1. The lowest BCUT2D eigenvalue weighted by Crippen LogP contribution is -2.53. The summed E-state index contributed by atoms with van der Waals surface area (Å²) in [4.78, 5) is 14.4. The molecule has 6 heteroatoms. The Morgan fingerprint density at radius 3 is 2.92 bits per heavy atom. The molecule has 1 saturated heterocycles. The first-order valence-corrected chi connectivity index (χ1v) is 9.35. The number of aromatic nitrogens is 1. The van der Waals surface area contributed by atoms with Crippen LogP contribution >= 0.6 is 0 Å². The molecule has 1 fully saturated rings. The van der Waals surface area contributed by atoms with E-state index in [2.05, 4.69) is 23.5 Å². The fourth-order valence-electron chi connectivity index (χ4n) is 4.53. The number of rotatable bonds is 3. The van der Waals surface area contributed by atoms with Gasteiger partial charge in [-0.2, -0.15) is 5.12 Å². The molecule has 2 aromatic rings. The van der Waals surface area contributed by atoms with E-state index in [-0.39, 0.29) is 6.03 Å². The number of urea groups is 1. The monoisotopic (exact) mass is 341 g/mol. The molecule has 2 atom stereocenters. The van der Waals surface area contributed by atoms with Crippen LogP contribution in [0.4, 0.5) is 4.79 Å². The van der Waals surface area contributed by atoms with Gasteiger partial charge < -0.3 is 10.2 Å². The van der Waals surface area contributed by atoms with E-state index in [0.717, 1.165) is 18.5 Å². The van der Waals surface area contributed by atoms with Crippen LogP contribution in [-0.4, -0.2) is 41.3 Å². The number of hydrazine groups is 1. The van der Waals surface area contributed by atoms with Gasteiger partial charge in [0, 0.05) is 36.6 Å². The second-order valence-corrected chi connectivity index (χ2v) is 7.05. The van der Waals surface area contributed by atoms with Gasteiger partial charge in [0.1, 0.15) is 0 Å². The summed E-state index contributed by atoms with van der Waals surface area (Å²) >= 11 is 0. The van der Waals surface area contributed by atoms with Crippen molar-refractivity contribution in [2.75, 3.05) is 24.8 Å². The molecule has 2 aliphatic rings. The van der Waals surface area contributed by atoms with Crippen molar-refractivity contribution in [3.8, 4) is 0 Å². The van der Waals surface area contributed by atoms with Crippen LogP contribution in [-0.2, 0) is 6.42 Å². The van der Waals surface area contributed by atoms with Crippen LogP contribution < -0.4 is 16.3 Å². The predicted octanol–water partition coefficient (Wildman–Crippen LogP) is 2.31. The zero-order chi connectivity index (χ0) is 17.6. The minimum Gasteiger partial charge on any atom is -0.323 e. The molecule has 0 saturated carbocycles. The quantitative estimate of drug-likeness (QED) is 0.511. The molecule has 1 aromatic carbocycles. The van der Waals surface area contributed by atoms with Gasteiger partial charge in [0.05, 0.1) is 5.52 Å². The Hall–Kier alpha value is -2.05. The van der Waals surface area contributed by atoms with Crippen molar-refractivity contribution < 1.29 is 4.79 Å². The zero-order valence-corrected chi connectivity index (χ0v) is 15.0. The van der Waals surface area contributed by atoms with E-state index in [0.29, 0.717) is 25.0 Å². The van der Waals surface area contributed by atoms with Crippen molar-refractivity contribution in [1.82, 2.24) is 14.9 Å². The average molecular weight is 341 g/mol. The van der Waals surface area contributed by atoms with E-state index in [4.69, 9.17) is 5.84 Å². The van der Waals surface area contributed by atoms with Crippen molar-refractivity contribution in [3.05, 3.63) is 35.5 Å². The van der Waals surface area contributed by atoms with Crippen LogP contribution in [0.3, 0.4) is 0 Å². The third-order valence-corrected chi connectivity index (χ3v) is 5.81. The van der Waals surface area contributed by atoms with E-state index < -0.39 is 0 Å². The molecular formula is C19H27N5O. The zero-order valence-electron chi connectivity index (χ0n) is 15.0. The minimum atomic E-state index is -0.173. The van der Waals surface area contributed by atoms with Gasteiger partial charge in [0.2, 0.25) is 0 Å². The summed E-state index contributed by atoms with van der Waals surface area (Å²) in [7, 11) is 0. The van der Waals surface area contributed by atoms with Crippen LogP contribution in [0.1, 0.15) is 43.7 Å². The van der Waals surface area contributed by atoms with Gasteiger partial charge >= 0.3 is 6.03 Å². The highest BCUT2D eigenvalue weighted by atomic mass is 16.2. The van der Waals surface area contributed by atoms with Crippen LogP contribution in [0.2, 0.25) is 0 Å². The Kier molecular flexibility index (Phi) is 4.17. The first-order valence-electron chi connectivity index (χ1n) is 9.35. The largest absolute Gasteiger partial charge is 0.354 e. The maximum absolute atomic E-state index is 12.7. The summed E-state index contributed by atoms with van der Waals surface area (Å²) in [6.07, 6.45) is 5.49. The highest BCUT2D eigenvalue weighted by molar-refractivity contribution is 5.92. The maximum Gasteiger partial charge on any atom is 0.354 e. The van der Waals surface area contributed by atoms with Crippen molar-refractivity contribution in [1.29, 1.82) is 0 Å². The van der Waals surface area contributed by atoms with Crippen molar-refractivity contribution in [3.63, 3.8) is 0 Å². The van der Waals surface area contributed by atoms with Gasteiger partial charge in [0.25, 0.3) is 0 Å². The predicted molar refractivity (Wildman–Crippen MR) is 100 cm³/mol. The summed E-state index contributed by atoms with van der Waals surface area (Å²) in [6, 6.07) is 6.72. The molecule has 2 amide bonds. The van der Waals surface area contributed by atoms with Crippen molar-refractivity contribution in [2.24, 2.45) is 5.84 Å². The molecular weight excluding hydrogens is 314 g/mol. The van der Waals surface area contributed by atoms with E-state index in [1.807, 2.05) is 24.7 Å². The maximum atomic E-state index is 12.7. The molecule has 3 N–H and O–H groups in total. The smallest absolute Gasteiger partial charge is 0.323 e. The van der Waals surface area contributed by atoms with Crippen LogP contribution in [0.25, 0.3) is 10.9 Å². The second kappa shape index (κ2) is 6.35. The average Bonchev–Trinajstić information content (AvgIpc) is 3.02. The number of piperidine rings is 1. The molecule has 0 radical (unpaired) electrons. The summed E-state index contributed by atoms with van der Waals surface area (Å²) in [5, 5.41) is 6.22. The number of carbonyl (C=O) groups is 1. The molecule has 1 aliphatic carbocycles. The fraction of sp³-hybridized carbons (Fsp3) is 0.526. The molecule has 2 heterocycles. The normalized spacial score (nSPS) is 21.9. The standard InChI is InChI=1S/C19H27N5O/c1-3-22(4-2)19(25)24(20)23-12-13-11-16-14(8-6-10-21-16)15-7-5-9-17(23)18(13)15/h5,7,9,12,14,16,21H,3-4,6,8,10-11,20H2,1-2H3/t14-,16-/m1/s1. The van der Waals surface area contributed by atoms with E-state index in [9.17, 15) is 4.79 Å². The number of nitrogens with one attached hydrogen (secondary N) is 1. The third-order valence-electron chi connectivity index (χ3n) is 5.81. The van der Waals surface area contributed by atoms with Gasteiger partial charge in [-0.05, 0) is 56.8 Å². The molecule has 1 aromatic heterocycles. The Morgan fingerprint density at radius 1 is 1.36 bits per heavy atom. The highest BCUT2D eigenvalue weighted by Crippen LogP contribution is 2.41. The Bertz CT molecular complexity index is 794. The van der Waals surface area contributed by atoms with E-state index in [1.54, 1.807) is 4.90 Å². The number of carbonyl (C=O) groups excluding carboxylic acids is 1. The van der Waals surface area contributed by atoms with Gasteiger partial charge in [0.15, 0.2) is 0 Å². The Balaban J connectivity index is 1.78. The fourth-order valence-corrected chi connectivity index (χ4v) is 4.53. The third kappa shape index (κ3) is 2.51. The lowest BCUT2D eigenvalue weighted by molar-refractivity contribution is 0.204. The first-order chi connectivity index (χ1) is 12.2. The number of nitrogens with two attached hydrogens (primary N) is 1. The molecule has 4 rings (SSSR count). The van der Waals surface area contributed by atoms with Gasteiger partial charge in [-0.25, -0.2) is 15.3 Å². The van der Waals surface area contributed by atoms with Gasteiger partial charge in [-0.1, -0.05) is 12.1 Å². The van der Waals surface area contributed by atoms with E-state index in [1.165, 1.54) is 34.5 Å². The number of amides is 2. The minimum absolute atomic E-state index is 0.173. The first kappa shape index (κ1) is 16.4. The summed E-state index contributed by atoms with van der Waals surface area (Å²) in [6.45, 7) is 6.33. The molecule has 0 spiro atoms. The molecule has 0 unspecified atom stereocenters.